The van der Waals surface area contributed by atoms with Crippen molar-refractivity contribution in [3.63, 3.8) is 0 Å². The maximum Gasteiger partial charge on any atom is 0.167 e. The average Bonchev–Trinajstić information content (AvgIpc) is 2.52. The molecule has 0 saturated carbocycles. The fraction of sp³-hybridized carbons (Fsp3) is 0. The Kier molecular flexibility index (Phi) is 6.16. The third-order valence-electron chi connectivity index (χ3n) is 2.46. The second kappa shape index (κ2) is 8.98. The first kappa shape index (κ1) is 14.4. The molecule has 1 aromatic heterocycles. The number of aromatic nitrogens is 3. The molecule has 2 rings (SSSR count). The van der Waals surface area contributed by atoms with Crippen LogP contribution in [-0.4, -0.2) is 15.6 Å². The molecule has 0 atom stereocenters. The minimum absolute atomic E-state index is 0.623. The molecule has 0 aliphatic rings. The number of para-hydroxylation sites is 1. The predicted molar refractivity (Wildman–Crippen MR) is 82.5 cm³/mol. The normalized spacial score (nSPS) is 8.95. The van der Waals surface area contributed by atoms with Crippen LogP contribution < -0.4 is 0 Å². The highest BCUT2D eigenvalue weighted by Gasteiger charge is 1.86. The van der Waals surface area contributed by atoms with Gasteiger partial charge in [-0.05, 0) is 17.3 Å². The Morgan fingerprint density at radius 1 is 0.619 bits per heavy atom. The van der Waals surface area contributed by atoms with E-state index in [2.05, 4.69) is 15.6 Å². The van der Waals surface area contributed by atoms with Crippen LogP contribution in [0.1, 0.15) is 0 Å². The molecule has 0 N–H and O–H groups in total. The summed E-state index contributed by atoms with van der Waals surface area (Å²) in [6.45, 7) is 0. The van der Waals surface area contributed by atoms with Crippen LogP contribution in [0.5, 0.6) is 0 Å². The molecule has 0 spiro atoms. The van der Waals surface area contributed by atoms with Crippen molar-refractivity contribution in [2.24, 2.45) is 0 Å². The first-order valence-corrected chi connectivity index (χ1v) is 6.49. The van der Waals surface area contributed by atoms with Crippen LogP contribution in [0.15, 0.2) is 95.6 Å². The lowest BCUT2D eigenvalue weighted by molar-refractivity contribution is 0.390. The molecule has 21 heavy (non-hydrogen) atoms. The SMILES string of the molecule is c1cccccnnnoc2ccccc2ccccc1. The lowest BCUT2D eigenvalue weighted by Crippen LogP contribution is -1.76. The summed E-state index contributed by atoms with van der Waals surface area (Å²) >= 11 is 0. The Morgan fingerprint density at radius 3 is 1.95 bits per heavy atom. The highest BCUT2D eigenvalue weighted by atomic mass is 16.5. The van der Waals surface area contributed by atoms with Gasteiger partial charge in [0, 0.05) is 5.39 Å². The van der Waals surface area contributed by atoms with Crippen molar-refractivity contribution in [3.05, 3.63) is 91.1 Å². The smallest absolute Gasteiger partial charge is 0.167 e. The molecule has 0 aliphatic heterocycles. The maximum atomic E-state index is 5.23. The van der Waals surface area contributed by atoms with E-state index >= 15 is 0 Å². The highest BCUT2D eigenvalue weighted by Crippen LogP contribution is 2.07. The van der Waals surface area contributed by atoms with Crippen molar-refractivity contribution in [2.45, 2.75) is 0 Å². The number of fused-ring (bicyclic) bond motifs is 1. The number of hydrogen-bond donors (Lipinski definition) is 0. The van der Waals surface area contributed by atoms with Crippen molar-refractivity contribution in [3.8, 4) is 0 Å². The molecule has 0 aliphatic carbocycles. The first-order chi connectivity index (χ1) is 10.5. The number of benzene rings is 1. The van der Waals surface area contributed by atoms with Crippen molar-refractivity contribution in [2.75, 3.05) is 0 Å². The molecule has 2 aromatic rings. The molecule has 0 unspecified atom stereocenters. The molecule has 4 nitrogen and oxygen atoms in total. The largest absolute Gasteiger partial charge is 0.337 e. The number of rotatable bonds is 0. The average molecular weight is 277 g/mol. The lowest BCUT2D eigenvalue weighted by atomic mass is 10.2. The van der Waals surface area contributed by atoms with Gasteiger partial charge >= 0.3 is 0 Å². The lowest BCUT2D eigenvalue weighted by Gasteiger charge is -1.87. The molecule has 4 heteroatoms. The molecule has 0 bridgehead atoms. The van der Waals surface area contributed by atoms with E-state index in [0.29, 0.717) is 5.58 Å². The van der Waals surface area contributed by atoms with Crippen LogP contribution in [0.3, 0.4) is 0 Å². The van der Waals surface area contributed by atoms with Gasteiger partial charge in [-0.3, -0.25) is 0 Å². The Labute approximate surface area is 123 Å². The Balaban J connectivity index is 2.56. The van der Waals surface area contributed by atoms with E-state index in [-0.39, 0.29) is 0 Å². The van der Waals surface area contributed by atoms with E-state index in [4.69, 9.17) is 4.52 Å². The molecule has 0 amide bonds. The van der Waals surface area contributed by atoms with Crippen LogP contribution >= 0.6 is 0 Å². The quantitative estimate of drug-likeness (QED) is 0.730. The van der Waals surface area contributed by atoms with Gasteiger partial charge < -0.3 is 4.52 Å². The molecule has 104 valence electrons. The summed E-state index contributed by atoms with van der Waals surface area (Å²) in [4.78, 5) is 0. The summed E-state index contributed by atoms with van der Waals surface area (Å²) < 4.78 is 5.23. The summed E-state index contributed by atoms with van der Waals surface area (Å²) in [7, 11) is 0. The van der Waals surface area contributed by atoms with Crippen LogP contribution in [0.2, 0.25) is 0 Å². The number of hydrogen-bond acceptors (Lipinski definition) is 4. The van der Waals surface area contributed by atoms with Crippen molar-refractivity contribution in [1.82, 2.24) is 15.6 Å². The van der Waals surface area contributed by atoms with Gasteiger partial charge in [0.1, 0.15) is 0 Å². The van der Waals surface area contributed by atoms with E-state index in [0.717, 1.165) is 5.39 Å². The Bertz CT molecular complexity index is 678. The van der Waals surface area contributed by atoms with Crippen molar-refractivity contribution in [1.29, 1.82) is 0 Å². The van der Waals surface area contributed by atoms with Crippen molar-refractivity contribution < 1.29 is 4.52 Å². The minimum Gasteiger partial charge on any atom is -0.337 e. The fourth-order valence-corrected chi connectivity index (χ4v) is 1.51. The van der Waals surface area contributed by atoms with Crippen LogP contribution in [0.4, 0.5) is 0 Å². The number of nitrogens with zero attached hydrogens (tertiary/aromatic N) is 3. The molecule has 1 aromatic carbocycles. The zero-order valence-corrected chi connectivity index (χ0v) is 11.4. The molecule has 1 heterocycles. The van der Waals surface area contributed by atoms with E-state index in [1.165, 1.54) is 6.20 Å². The minimum atomic E-state index is 0.623. The molecular formula is C17H15N3O. The van der Waals surface area contributed by atoms with Crippen LogP contribution in [0.25, 0.3) is 11.0 Å². The standard InChI is InChI=1S/C17H15N3O/c1-2-4-6-8-12-16-13-9-10-14-17(16)21-20-19-18-15-11-7-5-3-1/h1-15H. The van der Waals surface area contributed by atoms with Crippen molar-refractivity contribution >= 4 is 11.0 Å². The zero-order valence-electron chi connectivity index (χ0n) is 11.4. The van der Waals surface area contributed by atoms with Gasteiger partial charge in [0.25, 0.3) is 0 Å². The summed E-state index contributed by atoms with van der Waals surface area (Å²) in [5, 5.41) is 11.8. The third kappa shape index (κ3) is 5.65. The molecule has 0 saturated heterocycles. The first-order valence-electron chi connectivity index (χ1n) is 6.49. The fourth-order valence-electron chi connectivity index (χ4n) is 1.51. The Hall–Kier alpha value is -3.01. The second-order valence-corrected chi connectivity index (χ2v) is 3.96. The van der Waals surface area contributed by atoms with E-state index in [1.807, 2.05) is 78.9 Å². The zero-order chi connectivity index (χ0) is 14.6. The van der Waals surface area contributed by atoms with Gasteiger partial charge in [-0.25, -0.2) is 0 Å². The van der Waals surface area contributed by atoms with Gasteiger partial charge in [0.15, 0.2) is 5.58 Å². The molecule has 0 radical (unpaired) electrons. The monoisotopic (exact) mass is 277 g/mol. The van der Waals surface area contributed by atoms with Gasteiger partial charge in [0.05, 0.1) is 11.5 Å². The maximum absolute atomic E-state index is 5.23. The molecule has 0 fully saturated rings. The topological polar surface area (TPSA) is 51.8 Å². The van der Waals surface area contributed by atoms with Gasteiger partial charge in [-0.15, -0.1) is 5.10 Å². The van der Waals surface area contributed by atoms with Crippen LogP contribution in [-0.2, 0) is 0 Å². The van der Waals surface area contributed by atoms with Crippen LogP contribution in [0, 0.1) is 0 Å². The summed E-state index contributed by atoms with van der Waals surface area (Å²) in [6.07, 6.45) is 1.53. The van der Waals surface area contributed by atoms with Gasteiger partial charge in [-0.2, -0.15) is 0 Å². The van der Waals surface area contributed by atoms with Gasteiger partial charge in [-0.1, -0.05) is 72.8 Å². The van der Waals surface area contributed by atoms with E-state index in [1.54, 1.807) is 6.07 Å². The summed E-state index contributed by atoms with van der Waals surface area (Å²) in [5.41, 5.74) is 0.623. The third-order valence-corrected chi connectivity index (χ3v) is 2.46. The highest BCUT2D eigenvalue weighted by molar-refractivity contribution is 5.75. The predicted octanol–water partition coefficient (Wildman–Crippen LogP) is 3.99. The Morgan fingerprint density at radius 2 is 1.19 bits per heavy atom. The van der Waals surface area contributed by atoms with E-state index in [9.17, 15) is 0 Å². The molecular weight excluding hydrogens is 262 g/mol. The summed E-state index contributed by atoms with van der Waals surface area (Å²) in [5.74, 6) is 0. The van der Waals surface area contributed by atoms with E-state index < -0.39 is 0 Å². The van der Waals surface area contributed by atoms with Gasteiger partial charge in [0.2, 0.25) is 0 Å². The summed E-state index contributed by atoms with van der Waals surface area (Å²) in [6, 6.07) is 26.7. The second-order valence-electron chi connectivity index (χ2n) is 3.96.